The van der Waals surface area contributed by atoms with Crippen LogP contribution in [0.5, 0.6) is 0 Å². The molecule has 0 bridgehead atoms. The van der Waals surface area contributed by atoms with E-state index >= 15 is 0 Å². The van der Waals surface area contributed by atoms with Crippen molar-refractivity contribution >= 4 is 28.6 Å². The van der Waals surface area contributed by atoms with Gasteiger partial charge in [0.05, 0.1) is 5.69 Å². The van der Waals surface area contributed by atoms with Crippen LogP contribution in [-0.2, 0) is 6.54 Å². The van der Waals surface area contributed by atoms with Crippen LogP contribution in [-0.4, -0.2) is 36.1 Å². The molecule has 1 aliphatic heterocycles. The molecule has 1 fully saturated rings. The second-order valence-electron chi connectivity index (χ2n) is 6.25. The Morgan fingerprint density at radius 2 is 1.64 bits per heavy atom. The maximum absolute atomic E-state index is 5.96. The molecule has 2 aromatic carbocycles. The van der Waals surface area contributed by atoms with Crippen molar-refractivity contribution in [1.82, 2.24) is 9.88 Å². The van der Waals surface area contributed by atoms with Crippen LogP contribution in [0.3, 0.4) is 0 Å². The van der Waals surface area contributed by atoms with Crippen LogP contribution in [0.15, 0.2) is 60.0 Å². The number of benzene rings is 2. The summed E-state index contributed by atoms with van der Waals surface area (Å²) in [6.07, 6.45) is 0. The molecule has 1 saturated heterocycles. The minimum atomic E-state index is 0.761. The van der Waals surface area contributed by atoms with Gasteiger partial charge >= 0.3 is 0 Å². The smallest absolute Gasteiger partial charge is 0.123 e. The molecular weight excluding hydrogens is 350 g/mol. The number of rotatable bonds is 4. The van der Waals surface area contributed by atoms with Crippen LogP contribution in [0.2, 0.25) is 5.02 Å². The number of halogens is 1. The summed E-state index contributed by atoms with van der Waals surface area (Å²) >= 11 is 7.66. The molecule has 25 heavy (non-hydrogen) atoms. The molecule has 0 spiro atoms. The second-order valence-corrected chi connectivity index (χ2v) is 7.54. The Morgan fingerprint density at radius 1 is 0.920 bits per heavy atom. The summed E-state index contributed by atoms with van der Waals surface area (Å²) in [4.78, 5) is 9.74. The number of hydrogen-bond acceptors (Lipinski definition) is 4. The Balaban J connectivity index is 1.35. The number of piperazine rings is 1. The Labute approximate surface area is 157 Å². The van der Waals surface area contributed by atoms with Gasteiger partial charge in [0.25, 0.3) is 0 Å². The third kappa shape index (κ3) is 4.03. The molecule has 0 unspecified atom stereocenters. The quantitative estimate of drug-likeness (QED) is 0.659. The second kappa shape index (κ2) is 7.56. The normalized spacial score (nSPS) is 15.5. The highest BCUT2D eigenvalue weighted by molar-refractivity contribution is 7.13. The number of anilines is 1. The maximum Gasteiger partial charge on any atom is 0.123 e. The monoisotopic (exact) mass is 369 g/mol. The molecule has 0 N–H and O–H groups in total. The third-order valence-corrected chi connectivity index (χ3v) is 5.71. The van der Waals surface area contributed by atoms with E-state index in [0.717, 1.165) is 54.0 Å². The topological polar surface area (TPSA) is 19.4 Å². The van der Waals surface area contributed by atoms with Gasteiger partial charge in [0.1, 0.15) is 5.01 Å². The van der Waals surface area contributed by atoms with Crippen LogP contribution >= 0.6 is 22.9 Å². The fourth-order valence-corrected chi connectivity index (χ4v) is 4.08. The van der Waals surface area contributed by atoms with E-state index in [-0.39, 0.29) is 0 Å². The van der Waals surface area contributed by atoms with E-state index in [2.05, 4.69) is 45.5 Å². The van der Waals surface area contributed by atoms with Gasteiger partial charge in [-0.25, -0.2) is 4.98 Å². The zero-order chi connectivity index (χ0) is 17.1. The summed E-state index contributed by atoms with van der Waals surface area (Å²) in [5, 5.41) is 4.00. The molecule has 2 heterocycles. The molecule has 5 heteroatoms. The van der Waals surface area contributed by atoms with Crippen molar-refractivity contribution in [3.63, 3.8) is 0 Å². The van der Waals surface area contributed by atoms with Crippen molar-refractivity contribution in [3.05, 3.63) is 70.7 Å². The molecule has 1 aromatic heterocycles. The van der Waals surface area contributed by atoms with Gasteiger partial charge in [0.2, 0.25) is 0 Å². The van der Waals surface area contributed by atoms with Crippen molar-refractivity contribution < 1.29 is 0 Å². The summed E-state index contributed by atoms with van der Waals surface area (Å²) in [7, 11) is 0. The first-order chi connectivity index (χ1) is 12.3. The van der Waals surface area contributed by atoms with Gasteiger partial charge < -0.3 is 4.90 Å². The van der Waals surface area contributed by atoms with E-state index in [1.165, 1.54) is 5.69 Å². The highest BCUT2D eigenvalue weighted by Gasteiger charge is 2.18. The summed E-state index contributed by atoms with van der Waals surface area (Å²) in [6.45, 7) is 5.20. The SMILES string of the molecule is Clc1ccc(-c2nc(CN3CCN(c4ccccc4)CC3)cs2)cc1. The van der Waals surface area contributed by atoms with Crippen LogP contribution < -0.4 is 4.90 Å². The van der Waals surface area contributed by atoms with Crippen LogP contribution in [0.4, 0.5) is 5.69 Å². The highest BCUT2D eigenvalue weighted by atomic mass is 35.5. The lowest BCUT2D eigenvalue weighted by molar-refractivity contribution is 0.247. The molecular formula is C20H20ClN3S. The fourth-order valence-electron chi connectivity index (χ4n) is 3.14. The Hall–Kier alpha value is -1.88. The van der Waals surface area contributed by atoms with Crippen molar-refractivity contribution in [3.8, 4) is 10.6 Å². The lowest BCUT2D eigenvalue weighted by Gasteiger charge is -2.35. The maximum atomic E-state index is 5.96. The van der Waals surface area contributed by atoms with E-state index in [0.29, 0.717) is 0 Å². The number of aromatic nitrogens is 1. The zero-order valence-corrected chi connectivity index (χ0v) is 15.5. The van der Waals surface area contributed by atoms with Crippen molar-refractivity contribution in [2.75, 3.05) is 31.1 Å². The molecule has 0 aliphatic carbocycles. The standard InChI is InChI=1S/C20H20ClN3S/c21-17-8-6-16(7-9-17)20-22-18(15-25-20)14-23-10-12-24(13-11-23)19-4-2-1-3-5-19/h1-9,15H,10-14H2. The largest absolute Gasteiger partial charge is 0.369 e. The van der Waals surface area contributed by atoms with Gasteiger partial charge in [-0.1, -0.05) is 41.9 Å². The molecule has 0 saturated carbocycles. The first kappa shape index (κ1) is 16.6. The molecule has 0 radical (unpaired) electrons. The van der Waals surface area contributed by atoms with Gasteiger partial charge in [-0.05, 0) is 24.3 Å². The highest BCUT2D eigenvalue weighted by Crippen LogP contribution is 2.26. The molecule has 3 nitrogen and oxygen atoms in total. The fraction of sp³-hybridized carbons (Fsp3) is 0.250. The van der Waals surface area contributed by atoms with E-state index in [4.69, 9.17) is 16.6 Å². The van der Waals surface area contributed by atoms with Gasteiger partial charge in [0, 0.05) is 54.4 Å². The number of hydrogen-bond donors (Lipinski definition) is 0. The first-order valence-electron chi connectivity index (χ1n) is 8.51. The predicted octanol–water partition coefficient (Wildman–Crippen LogP) is 4.79. The molecule has 0 amide bonds. The van der Waals surface area contributed by atoms with Crippen molar-refractivity contribution in [2.24, 2.45) is 0 Å². The van der Waals surface area contributed by atoms with E-state index in [9.17, 15) is 0 Å². The predicted molar refractivity (Wildman–Crippen MR) is 106 cm³/mol. The third-order valence-electron chi connectivity index (χ3n) is 4.52. The minimum Gasteiger partial charge on any atom is -0.369 e. The van der Waals surface area contributed by atoms with Gasteiger partial charge in [-0.2, -0.15) is 0 Å². The number of thiazole rings is 1. The molecule has 0 atom stereocenters. The number of nitrogens with zero attached hydrogens (tertiary/aromatic N) is 3. The van der Waals surface area contributed by atoms with E-state index in [1.54, 1.807) is 11.3 Å². The Bertz CT molecular complexity index is 808. The van der Waals surface area contributed by atoms with Gasteiger partial charge in [0.15, 0.2) is 0 Å². The molecule has 1 aliphatic rings. The Kier molecular flexibility index (Phi) is 5.02. The summed E-state index contributed by atoms with van der Waals surface area (Å²) in [6, 6.07) is 18.6. The van der Waals surface area contributed by atoms with Crippen molar-refractivity contribution in [2.45, 2.75) is 6.54 Å². The molecule has 128 valence electrons. The first-order valence-corrected chi connectivity index (χ1v) is 9.76. The van der Waals surface area contributed by atoms with E-state index < -0.39 is 0 Å². The van der Waals surface area contributed by atoms with Crippen molar-refractivity contribution in [1.29, 1.82) is 0 Å². The number of para-hydroxylation sites is 1. The summed E-state index contributed by atoms with van der Waals surface area (Å²) in [5.74, 6) is 0. The summed E-state index contributed by atoms with van der Waals surface area (Å²) < 4.78 is 0. The molecule has 4 rings (SSSR count). The van der Waals surface area contributed by atoms with Crippen LogP contribution in [0, 0.1) is 0 Å². The minimum absolute atomic E-state index is 0.761. The average molecular weight is 370 g/mol. The molecule has 3 aromatic rings. The van der Waals surface area contributed by atoms with Crippen LogP contribution in [0.1, 0.15) is 5.69 Å². The van der Waals surface area contributed by atoms with Gasteiger partial charge in [-0.15, -0.1) is 11.3 Å². The average Bonchev–Trinajstić information content (AvgIpc) is 3.12. The lowest BCUT2D eigenvalue weighted by Crippen LogP contribution is -2.46. The van der Waals surface area contributed by atoms with Gasteiger partial charge in [-0.3, -0.25) is 4.90 Å². The lowest BCUT2D eigenvalue weighted by atomic mass is 10.2. The Morgan fingerprint density at radius 3 is 2.36 bits per heavy atom. The van der Waals surface area contributed by atoms with E-state index in [1.807, 2.05) is 24.3 Å². The summed E-state index contributed by atoms with van der Waals surface area (Å²) in [5.41, 5.74) is 3.61. The zero-order valence-electron chi connectivity index (χ0n) is 13.9. The van der Waals surface area contributed by atoms with Crippen LogP contribution in [0.25, 0.3) is 10.6 Å².